The molecule has 0 aliphatic rings. The van der Waals surface area contributed by atoms with Crippen molar-refractivity contribution in [2.45, 2.75) is 6.92 Å². The van der Waals surface area contributed by atoms with Gasteiger partial charge in [-0.3, -0.25) is 4.99 Å². The quantitative estimate of drug-likeness (QED) is 0.682. The van der Waals surface area contributed by atoms with E-state index in [0.29, 0.717) is 0 Å². The number of aryl methyl sites for hydroxylation is 1. The Balaban J connectivity index is 2.32. The second kappa shape index (κ2) is 5.26. The van der Waals surface area contributed by atoms with Gasteiger partial charge in [0.25, 0.3) is 0 Å². The summed E-state index contributed by atoms with van der Waals surface area (Å²) < 4.78 is 0. The molecule has 0 saturated heterocycles. The van der Waals surface area contributed by atoms with Crippen molar-refractivity contribution in [3.05, 3.63) is 71.8 Å². The van der Waals surface area contributed by atoms with Crippen LogP contribution in [0.2, 0.25) is 0 Å². The van der Waals surface area contributed by atoms with Crippen LogP contribution in [-0.2, 0) is 0 Å². The van der Waals surface area contributed by atoms with Crippen LogP contribution in [0.3, 0.4) is 0 Å². The molecule has 0 bridgehead atoms. The van der Waals surface area contributed by atoms with Gasteiger partial charge in [-0.15, -0.1) is 0 Å². The minimum Gasteiger partial charge on any atom is -0.256 e. The summed E-state index contributed by atoms with van der Waals surface area (Å²) in [7, 11) is 0. The van der Waals surface area contributed by atoms with Crippen LogP contribution in [0.4, 0.5) is 5.69 Å². The molecule has 84 valence electrons. The molecule has 0 aromatic heterocycles. The average molecular weight is 221 g/mol. The largest absolute Gasteiger partial charge is 0.256 e. The SMILES string of the molecule is C=Cc1ccc(C)cc1C=Nc1ccccc1. The first-order valence-electron chi connectivity index (χ1n) is 5.62. The Kier molecular flexibility index (Phi) is 3.51. The van der Waals surface area contributed by atoms with Gasteiger partial charge in [-0.25, -0.2) is 0 Å². The molecule has 17 heavy (non-hydrogen) atoms. The standard InChI is InChI=1S/C16H15N/c1-3-14-10-9-13(2)11-15(14)12-17-16-7-5-4-6-8-16/h3-12H,1H2,2H3. The first-order chi connectivity index (χ1) is 8.29. The first kappa shape index (κ1) is 11.3. The number of nitrogens with zero attached hydrogens (tertiary/aromatic N) is 1. The zero-order valence-corrected chi connectivity index (χ0v) is 9.93. The summed E-state index contributed by atoms with van der Waals surface area (Å²) in [6, 6.07) is 16.2. The van der Waals surface area contributed by atoms with Gasteiger partial charge in [-0.2, -0.15) is 0 Å². The Hall–Kier alpha value is -2.15. The molecule has 2 aromatic rings. The smallest absolute Gasteiger partial charge is 0.0629 e. The number of benzene rings is 2. The molecular formula is C16H15N. The molecule has 2 rings (SSSR count). The van der Waals surface area contributed by atoms with Crippen molar-refractivity contribution in [2.75, 3.05) is 0 Å². The van der Waals surface area contributed by atoms with Gasteiger partial charge in [0, 0.05) is 11.8 Å². The van der Waals surface area contributed by atoms with E-state index in [9.17, 15) is 0 Å². The molecule has 0 spiro atoms. The zero-order valence-electron chi connectivity index (χ0n) is 9.93. The maximum Gasteiger partial charge on any atom is 0.0629 e. The van der Waals surface area contributed by atoms with Gasteiger partial charge in [-0.1, -0.05) is 48.6 Å². The Morgan fingerprint density at radius 1 is 1.00 bits per heavy atom. The van der Waals surface area contributed by atoms with E-state index in [1.54, 1.807) is 0 Å². The molecule has 0 saturated carbocycles. The molecule has 1 nitrogen and oxygen atoms in total. The van der Waals surface area contributed by atoms with Gasteiger partial charge in [0.2, 0.25) is 0 Å². The predicted octanol–water partition coefficient (Wildman–Crippen LogP) is 4.39. The molecule has 0 aliphatic carbocycles. The Labute approximate surface area is 102 Å². The molecule has 0 N–H and O–H groups in total. The van der Waals surface area contributed by atoms with Crippen LogP contribution in [0.25, 0.3) is 6.08 Å². The highest BCUT2D eigenvalue weighted by atomic mass is 14.7. The summed E-state index contributed by atoms with van der Waals surface area (Å²) in [6.45, 7) is 5.89. The minimum atomic E-state index is 0.962. The van der Waals surface area contributed by atoms with Gasteiger partial charge in [0.05, 0.1) is 5.69 Å². The Bertz CT molecular complexity index is 539. The number of hydrogen-bond donors (Lipinski definition) is 0. The van der Waals surface area contributed by atoms with Gasteiger partial charge in [-0.05, 0) is 30.7 Å². The monoisotopic (exact) mass is 221 g/mol. The molecule has 0 amide bonds. The molecule has 1 heteroatoms. The van der Waals surface area contributed by atoms with Crippen molar-refractivity contribution in [1.29, 1.82) is 0 Å². The van der Waals surface area contributed by atoms with E-state index in [1.807, 2.05) is 42.6 Å². The molecular weight excluding hydrogens is 206 g/mol. The second-order valence-electron chi connectivity index (χ2n) is 3.93. The summed E-state index contributed by atoms with van der Waals surface area (Å²) in [5.74, 6) is 0. The highest BCUT2D eigenvalue weighted by Gasteiger charge is 1.96. The van der Waals surface area contributed by atoms with Crippen LogP contribution < -0.4 is 0 Å². The third kappa shape index (κ3) is 2.91. The van der Waals surface area contributed by atoms with Gasteiger partial charge >= 0.3 is 0 Å². The molecule has 0 fully saturated rings. The van der Waals surface area contributed by atoms with E-state index in [4.69, 9.17) is 0 Å². The van der Waals surface area contributed by atoms with Crippen molar-refractivity contribution >= 4 is 18.0 Å². The molecule has 0 atom stereocenters. The lowest BCUT2D eigenvalue weighted by Crippen LogP contribution is -1.87. The van der Waals surface area contributed by atoms with Crippen LogP contribution in [0.1, 0.15) is 16.7 Å². The zero-order chi connectivity index (χ0) is 12.1. The predicted molar refractivity (Wildman–Crippen MR) is 75.0 cm³/mol. The van der Waals surface area contributed by atoms with Gasteiger partial charge in [0.15, 0.2) is 0 Å². The summed E-state index contributed by atoms with van der Waals surface area (Å²) in [5.41, 5.74) is 4.40. The fraction of sp³-hybridized carbons (Fsp3) is 0.0625. The number of hydrogen-bond acceptors (Lipinski definition) is 1. The van der Waals surface area contributed by atoms with E-state index < -0.39 is 0 Å². The van der Waals surface area contributed by atoms with Crippen LogP contribution in [0.15, 0.2) is 60.1 Å². The van der Waals surface area contributed by atoms with E-state index in [0.717, 1.165) is 16.8 Å². The summed E-state index contributed by atoms with van der Waals surface area (Å²) >= 11 is 0. The first-order valence-corrected chi connectivity index (χ1v) is 5.62. The molecule has 0 aliphatic heterocycles. The van der Waals surface area contributed by atoms with Crippen molar-refractivity contribution in [2.24, 2.45) is 4.99 Å². The summed E-state index contributed by atoms with van der Waals surface area (Å²) in [4.78, 5) is 4.45. The number of para-hydroxylation sites is 1. The number of rotatable bonds is 3. The molecule has 0 unspecified atom stereocenters. The maximum atomic E-state index is 4.45. The van der Waals surface area contributed by atoms with E-state index >= 15 is 0 Å². The third-order valence-corrected chi connectivity index (χ3v) is 2.57. The minimum absolute atomic E-state index is 0.962. The number of aliphatic imine (C=N–C) groups is 1. The van der Waals surface area contributed by atoms with Crippen molar-refractivity contribution in [3.63, 3.8) is 0 Å². The highest BCUT2D eigenvalue weighted by molar-refractivity contribution is 5.87. The summed E-state index contributed by atoms with van der Waals surface area (Å²) in [5, 5.41) is 0. The van der Waals surface area contributed by atoms with E-state index in [-0.39, 0.29) is 0 Å². The molecule has 0 radical (unpaired) electrons. The fourth-order valence-corrected chi connectivity index (χ4v) is 1.65. The van der Waals surface area contributed by atoms with Crippen LogP contribution in [0, 0.1) is 6.92 Å². The maximum absolute atomic E-state index is 4.45. The Morgan fingerprint density at radius 3 is 2.47 bits per heavy atom. The molecule has 2 aromatic carbocycles. The lowest BCUT2D eigenvalue weighted by atomic mass is 10.1. The molecule has 0 heterocycles. The van der Waals surface area contributed by atoms with Crippen molar-refractivity contribution in [1.82, 2.24) is 0 Å². The van der Waals surface area contributed by atoms with Gasteiger partial charge in [0.1, 0.15) is 0 Å². The average Bonchev–Trinajstić information content (AvgIpc) is 2.38. The lowest BCUT2D eigenvalue weighted by molar-refractivity contribution is 1.44. The second-order valence-corrected chi connectivity index (χ2v) is 3.93. The van der Waals surface area contributed by atoms with E-state index in [2.05, 4.69) is 36.7 Å². The van der Waals surface area contributed by atoms with Crippen molar-refractivity contribution < 1.29 is 0 Å². The van der Waals surface area contributed by atoms with Crippen LogP contribution in [0.5, 0.6) is 0 Å². The normalized spacial score (nSPS) is 10.6. The summed E-state index contributed by atoms with van der Waals surface area (Å²) in [6.07, 6.45) is 3.74. The fourth-order valence-electron chi connectivity index (χ4n) is 1.65. The van der Waals surface area contributed by atoms with E-state index in [1.165, 1.54) is 5.56 Å². The lowest BCUT2D eigenvalue weighted by Gasteiger charge is -2.01. The van der Waals surface area contributed by atoms with Crippen molar-refractivity contribution in [3.8, 4) is 0 Å². The van der Waals surface area contributed by atoms with Gasteiger partial charge < -0.3 is 0 Å². The highest BCUT2D eigenvalue weighted by Crippen LogP contribution is 2.14. The third-order valence-electron chi connectivity index (χ3n) is 2.57. The van der Waals surface area contributed by atoms with Crippen LogP contribution in [-0.4, -0.2) is 6.21 Å². The topological polar surface area (TPSA) is 12.4 Å². The van der Waals surface area contributed by atoms with Crippen LogP contribution >= 0.6 is 0 Å². The Morgan fingerprint density at radius 2 is 1.76 bits per heavy atom.